The highest BCUT2D eigenvalue weighted by Crippen LogP contribution is 2.22. The molecule has 0 unspecified atom stereocenters. The Kier molecular flexibility index (Phi) is 6.35. The van der Waals surface area contributed by atoms with Crippen LogP contribution in [0.5, 0.6) is 0 Å². The van der Waals surface area contributed by atoms with Crippen molar-refractivity contribution in [3.05, 3.63) is 29.8 Å². The van der Waals surface area contributed by atoms with Gasteiger partial charge in [0.15, 0.2) is 0 Å². The Morgan fingerprint density at radius 1 is 1.21 bits per heavy atom. The molecule has 0 bridgehead atoms. The lowest BCUT2D eigenvalue weighted by molar-refractivity contribution is -0.123. The molecule has 0 aromatic heterocycles. The fourth-order valence-electron chi connectivity index (χ4n) is 2.94. The van der Waals surface area contributed by atoms with Crippen LogP contribution in [0.3, 0.4) is 0 Å². The predicted octanol–water partition coefficient (Wildman–Crippen LogP) is 2.28. The summed E-state index contributed by atoms with van der Waals surface area (Å²) in [5, 5.41) is 2.96. The number of anilines is 1. The highest BCUT2D eigenvalue weighted by molar-refractivity contribution is 6.04. The Hall–Kier alpha value is -2.37. The molecule has 1 N–H and O–H groups in total. The van der Waals surface area contributed by atoms with E-state index in [9.17, 15) is 14.4 Å². The third-order valence-corrected chi connectivity index (χ3v) is 4.09. The zero-order chi connectivity index (χ0) is 17.5. The van der Waals surface area contributed by atoms with E-state index >= 15 is 0 Å². The lowest BCUT2D eigenvalue weighted by Crippen LogP contribution is -2.43. The third-order valence-electron chi connectivity index (χ3n) is 4.09. The topological polar surface area (TPSA) is 75.7 Å². The summed E-state index contributed by atoms with van der Waals surface area (Å²) in [4.78, 5) is 37.7. The number of rotatable bonds is 6. The fraction of sp³-hybridized carbons (Fsp3) is 0.500. The minimum atomic E-state index is -0.504. The summed E-state index contributed by atoms with van der Waals surface area (Å²) >= 11 is 0. The van der Waals surface area contributed by atoms with Crippen LogP contribution in [0.2, 0.25) is 0 Å². The molecule has 2 amide bonds. The van der Waals surface area contributed by atoms with Crippen LogP contribution in [-0.2, 0) is 14.3 Å². The van der Waals surface area contributed by atoms with E-state index in [4.69, 9.17) is 4.74 Å². The van der Waals surface area contributed by atoms with E-state index in [0.717, 1.165) is 25.7 Å². The molecule has 0 spiro atoms. The van der Waals surface area contributed by atoms with Gasteiger partial charge in [-0.1, -0.05) is 25.0 Å². The molecule has 24 heavy (non-hydrogen) atoms. The van der Waals surface area contributed by atoms with Crippen molar-refractivity contribution in [2.45, 2.75) is 45.6 Å². The average Bonchev–Trinajstić information content (AvgIpc) is 3.05. The zero-order valence-electron chi connectivity index (χ0n) is 14.2. The molecule has 0 atom stereocenters. The smallest absolute Gasteiger partial charge is 0.340 e. The summed E-state index contributed by atoms with van der Waals surface area (Å²) in [5.41, 5.74) is 0.674. The van der Waals surface area contributed by atoms with E-state index in [1.54, 1.807) is 31.2 Å². The number of carbonyl (C=O) groups is 3. The van der Waals surface area contributed by atoms with Gasteiger partial charge in [0.05, 0.1) is 17.9 Å². The first-order valence-corrected chi connectivity index (χ1v) is 8.36. The van der Waals surface area contributed by atoms with Crippen LogP contribution >= 0.6 is 0 Å². The van der Waals surface area contributed by atoms with Crippen LogP contribution in [0.4, 0.5) is 5.69 Å². The van der Waals surface area contributed by atoms with Gasteiger partial charge in [0.1, 0.15) is 6.54 Å². The van der Waals surface area contributed by atoms with Gasteiger partial charge in [-0.3, -0.25) is 9.59 Å². The lowest BCUT2D eigenvalue weighted by Gasteiger charge is -2.23. The molecule has 1 aromatic carbocycles. The van der Waals surface area contributed by atoms with Crippen molar-refractivity contribution in [2.75, 3.05) is 18.1 Å². The first-order chi connectivity index (χ1) is 11.5. The molecular weight excluding hydrogens is 308 g/mol. The Bertz CT molecular complexity index is 609. The standard InChI is InChI=1S/C18H24N2O4/c1-3-24-18(23)15-10-6-7-11-16(15)20(13(2)21)12-17(22)19-14-8-4-5-9-14/h6-7,10-11,14H,3-5,8-9,12H2,1-2H3,(H,19,22). The second-order valence-corrected chi connectivity index (χ2v) is 5.89. The average molecular weight is 332 g/mol. The minimum absolute atomic E-state index is 0.109. The van der Waals surface area contributed by atoms with Gasteiger partial charge in [-0.25, -0.2) is 4.79 Å². The van der Waals surface area contributed by atoms with Crippen LogP contribution in [0.25, 0.3) is 0 Å². The second kappa shape index (κ2) is 8.47. The number of ether oxygens (including phenoxy) is 1. The van der Waals surface area contributed by atoms with Crippen molar-refractivity contribution in [1.82, 2.24) is 5.32 Å². The molecule has 1 aromatic rings. The highest BCUT2D eigenvalue weighted by Gasteiger charge is 2.24. The molecule has 2 rings (SSSR count). The summed E-state index contributed by atoms with van der Waals surface area (Å²) in [6.45, 7) is 3.24. The molecule has 1 aliphatic carbocycles. The van der Waals surface area contributed by atoms with E-state index in [-0.39, 0.29) is 36.6 Å². The van der Waals surface area contributed by atoms with Gasteiger partial charge in [0.2, 0.25) is 11.8 Å². The zero-order valence-corrected chi connectivity index (χ0v) is 14.2. The van der Waals surface area contributed by atoms with E-state index in [1.165, 1.54) is 11.8 Å². The summed E-state index contributed by atoms with van der Waals surface area (Å²) in [7, 11) is 0. The van der Waals surface area contributed by atoms with Gasteiger partial charge >= 0.3 is 5.97 Å². The van der Waals surface area contributed by atoms with Crippen LogP contribution in [0.15, 0.2) is 24.3 Å². The van der Waals surface area contributed by atoms with Crippen molar-refractivity contribution < 1.29 is 19.1 Å². The largest absolute Gasteiger partial charge is 0.462 e. The number of esters is 1. The van der Waals surface area contributed by atoms with Crippen LogP contribution in [0, 0.1) is 0 Å². The van der Waals surface area contributed by atoms with E-state index in [0.29, 0.717) is 5.69 Å². The number of hydrogen-bond donors (Lipinski definition) is 1. The highest BCUT2D eigenvalue weighted by atomic mass is 16.5. The molecule has 1 saturated carbocycles. The van der Waals surface area contributed by atoms with Crippen molar-refractivity contribution in [1.29, 1.82) is 0 Å². The molecule has 0 saturated heterocycles. The van der Waals surface area contributed by atoms with Gasteiger partial charge < -0.3 is 15.0 Å². The van der Waals surface area contributed by atoms with E-state index in [2.05, 4.69) is 5.32 Å². The lowest BCUT2D eigenvalue weighted by atomic mass is 10.1. The number of benzene rings is 1. The molecule has 1 fully saturated rings. The second-order valence-electron chi connectivity index (χ2n) is 5.89. The molecule has 1 aliphatic rings. The summed E-state index contributed by atoms with van der Waals surface area (Å²) in [6.07, 6.45) is 4.19. The Labute approximate surface area is 142 Å². The number of carbonyl (C=O) groups excluding carboxylic acids is 3. The third kappa shape index (κ3) is 4.57. The van der Waals surface area contributed by atoms with Gasteiger partial charge in [-0.15, -0.1) is 0 Å². The molecule has 6 heteroatoms. The monoisotopic (exact) mass is 332 g/mol. The maximum atomic E-state index is 12.3. The predicted molar refractivity (Wildman–Crippen MR) is 90.8 cm³/mol. The molecule has 0 radical (unpaired) electrons. The quantitative estimate of drug-likeness (QED) is 0.811. The van der Waals surface area contributed by atoms with Crippen molar-refractivity contribution in [2.24, 2.45) is 0 Å². The van der Waals surface area contributed by atoms with Crippen LogP contribution < -0.4 is 10.2 Å². The van der Waals surface area contributed by atoms with E-state index < -0.39 is 5.97 Å². The van der Waals surface area contributed by atoms with Gasteiger partial charge in [-0.2, -0.15) is 0 Å². The van der Waals surface area contributed by atoms with Crippen LogP contribution in [0.1, 0.15) is 49.9 Å². The van der Waals surface area contributed by atoms with E-state index in [1.807, 2.05) is 0 Å². The number of para-hydroxylation sites is 1. The van der Waals surface area contributed by atoms with Crippen molar-refractivity contribution in [3.63, 3.8) is 0 Å². The maximum Gasteiger partial charge on any atom is 0.340 e. The number of nitrogens with zero attached hydrogens (tertiary/aromatic N) is 1. The molecule has 130 valence electrons. The molecular formula is C18H24N2O4. The summed E-state index contributed by atoms with van der Waals surface area (Å²) in [5.74, 6) is -1.01. The maximum absolute atomic E-state index is 12.3. The normalized spacial score (nSPS) is 14.2. The first kappa shape index (κ1) is 18.0. The number of hydrogen-bond acceptors (Lipinski definition) is 4. The Balaban J connectivity index is 2.16. The number of amides is 2. The molecule has 6 nitrogen and oxygen atoms in total. The summed E-state index contributed by atoms with van der Waals surface area (Å²) < 4.78 is 5.03. The first-order valence-electron chi connectivity index (χ1n) is 8.36. The van der Waals surface area contributed by atoms with Gasteiger partial charge in [0.25, 0.3) is 0 Å². The SMILES string of the molecule is CCOC(=O)c1ccccc1N(CC(=O)NC1CCCC1)C(C)=O. The Morgan fingerprint density at radius 3 is 2.50 bits per heavy atom. The van der Waals surface area contributed by atoms with Crippen molar-refractivity contribution >= 4 is 23.5 Å². The fourth-order valence-corrected chi connectivity index (χ4v) is 2.94. The van der Waals surface area contributed by atoms with Crippen LogP contribution in [-0.4, -0.2) is 37.0 Å². The molecule has 0 heterocycles. The minimum Gasteiger partial charge on any atom is -0.462 e. The molecule has 0 aliphatic heterocycles. The number of nitrogens with one attached hydrogen (secondary N) is 1. The van der Waals surface area contributed by atoms with Gasteiger partial charge in [0, 0.05) is 13.0 Å². The Morgan fingerprint density at radius 2 is 1.88 bits per heavy atom. The summed E-state index contributed by atoms with van der Waals surface area (Å²) in [6, 6.07) is 6.86. The van der Waals surface area contributed by atoms with Crippen molar-refractivity contribution in [3.8, 4) is 0 Å². The van der Waals surface area contributed by atoms with Gasteiger partial charge in [-0.05, 0) is 31.9 Å².